The number of nitrogens with zero attached hydrogens (tertiary/aromatic N) is 2. The van der Waals surface area contributed by atoms with Gasteiger partial charge in [-0.05, 0) is 41.9 Å². The van der Waals surface area contributed by atoms with Crippen molar-refractivity contribution in [3.05, 3.63) is 58.3 Å². The number of halogens is 5. The lowest BCUT2D eigenvalue weighted by molar-refractivity contribution is -0.137. The van der Waals surface area contributed by atoms with E-state index in [4.69, 9.17) is 23.2 Å². The largest absolute Gasteiger partial charge is 0.416 e. The van der Waals surface area contributed by atoms with Crippen molar-refractivity contribution in [3.8, 4) is 0 Å². The van der Waals surface area contributed by atoms with Crippen molar-refractivity contribution in [2.24, 2.45) is 0 Å². The number of rotatable bonds is 2. The van der Waals surface area contributed by atoms with E-state index in [-0.39, 0.29) is 21.8 Å². The van der Waals surface area contributed by atoms with Gasteiger partial charge in [-0.1, -0.05) is 23.7 Å². The molecule has 1 aromatic heterocycles. The summed E-state index contributed by atoms with van der Waals surface area (Å²) in [5.41, 5.74) is -0.159. The van der Waals surface area contributed by atoms with Crippen LogP contribution in [0, 0.1) is 0 Å². The second-order valence-corrected chi connectivity index (χ2v) is 5.42. The third kappa shape index (κ3) is 3.33. The zero-order valence-electron chi connectivity index (χ0n) is 11.3. The number of nitrogens with one attached hydrogen (secondary N) is 1. The van der Waals surface area contributed by atoms with Gasteiger partial charge in [-0.3, -0.25) is 0 Å². The Kier molecular flexibility index (Phi) is 4.04. The zero-order chi connectivity index (χ0) is 16.6. The van der Waals surface area contributed by atoms with Crippen LogP contribution >= 0.6 is 23.2 Å². The first kappa shape index (κ1) is 15.8. The van der Waals surface area contributed by atoms with Gasteiger partial charge in [-0.25, -0.2) is 4.98 Å². The summed E-state index contributed by atoms with van der Waals surface area (Å²) in [5, 5.41) is 3.53. The van der Waals surface area contributed by atoms with Crippen molar-refractivity contribution in [1.29, 1.82) is 0 Å². The number of alkyl halides is 3. The highest BCUT2D eigenvalue weighted by Crippen LogP contribution is 2.35. The number of para-hydroxylation sites is 1. The highest BCUT2D eigenvalue weighted by Gasteiger charge is 2.31. The monoisotopic (exact) mass is 357 g/mol. The molecule has 8 heteroatoms. The predicted molar refractivity (Wildman–Crippen MR) is 84.3 cm³/mol. The van der Waals surface area contributed by atoms with E-state index in [1.54, 1.807) is 24.3 Å². The first-order valence-corrected chi connectivity index (χ1v) is 7.16. The summed E-state index contributed by atoms with van der Waals surface area (Å²) in [7, 11) is 0. The number of benzene rings is 2. The summed E-state index contributed by atoms with van der Waals surface area (Å²) in [6.45, 7) is 0. The molecule has 2 aromatic carbocycles. The summed E-state index contributed by atoms with van der Waals surface area (Å²) < 4.78 is 38.5. The summed E-state index contributed by atoms with van der Waals surface area (Å²) in [5.74, 6) is 0.279. The molecule has 0 amide bonds. The Hall–Kier alpha value is -2.05. The molecule has 0 aliphatic heterocycles. The average molecular weight is 358 g/mol. The van der Waals surface area contributed by atoms with E-state index in [0.29, 0.717) is 10.9 Å². The first-order chi connectivity index (χ1) is 10.8. The van der Waals surface area contributed by atoms with Gasteiger partial charge in [0.2, 0.25) is 5.28 Å². The Balaban J connectivity index is 2.09. The highest BCUT2D eigenvalue weighted by molar-refractivity contribution is 6.33. The molecule has 0 saturated heterocycles. The van der Waals surface area contributed by atoms with Gasteiger partial charge in [0.15, 0.2) is 0 Å². The number of aromatic nitrogens is 2. The van der Waals surface area contributed by atoms with E-state index in [0.717, 1.165) is 12.1 Å². The molecule has 0 aliphatic carbocycles. The third-order valence-electron chi connectivity index (χ3n) is 3.12. The van der Waals surface area contributed by atoms with Gasteiger partial charge in [0, 0.05) is 5.39 Å². The fourth-order valence-electron chi connectivity index (χ4n) is 2.07. The Morgan fingerprint density at radius 1 is 0.957 bits per heavy atom. The molecule has 3 nitrogen and oxygen atoms in total. The number of hydrogen-bond acceptors (Lipinski definition) is 3. The molecule has 0 radical (unpaired) electrons. The van der Waals surface area contributed by atoms with Crippen LogP contribution in [0.5, 0.6) is 0 Å². The average Bonchev–Trinajstić information content (AvgIpc) is 2.48. The van der Waals surface area contributed by atoms with E-state index >= 15 is 0 Å². The van der Waals surface area contributed by atoms with Gasteiger partial charge in [-0.2, -0.15) is 18.2 Å². The maximum absolute atomic E-state index is 12.8. The molecule has 118 valence electrons. The topological polar surface area (TPSA) is 37.8 Å². The summed E-state index contributed by atoms with van der Waals surface area (Å²) >= 11 is 11.8. The van der Waals surface area contributed by atoms with Crippen LogP contribution in [0.1, 0.15) is 5.56 Å². The number of fused-ring (bicyclic) bond motifs is 1. The molecule has 3 aromatic rings. The summed E-state index contributed by atoms with van der Waals surface area (Å²) in [6.07, 6.45) is -4.47. The van der Waals surface area contributed by atoms with Gasteiger partial charge in [-0.15, -0.1) is 0 Å². The molecule has 0 unspecified atom stereocenters. The molecule has 1 heterocycles. The molecular weight excluding hydrogens is 350 g/mol. The number of anilines is 2. The maximum Gasteiger partial charge on any atom is 0.416 e. The van der Waals surface area contributed by atoms with E-state index in [1.807, 2.05) is 0 Å². The minimum atomic E-state index is -4.47. The van der Waals surface area contributed by atoms with E-state index in [2.05, 4.69) is 15.3 Å². The second kappa shape index (κ2) is 5.86. The van der Waals surface area contributed by atoms with Crippen LogP contribution in [0.4, 0.5) is 24.7 Å². The second-order valence-electron chi connectivity index (χ2n) is 4.68. The quantitative estimate of drug-likeness (QED) is 0.597. The Morgan fingerprint density at radius 3 is 2.43 bits per heavy atom. The molecule has 1 N–H and O–H groups in total. The molecule has 0 saturated carbocycles. The Morgan fingerprint density at radius 2 is 1.70 bits per heavy atom. The maximum atomic E-state index is 12.8. The van der Waals surface area contributed by atoms with Crippen LogP contribution in [-0.2, 0) is 6.18 Å². The van der Waals surface area contributed by atoms with Gasteiger partial charge in [0.25, 0.3) is 0 Å². The third-order valence-corrected chi connectivity index (χ3v) is 3.62. The molecule has 0 atom stereocenters. The standard InChI is InChI=1S/C15H8Cl2F3N3/c16-10-6-5-8(15(18,19)20)7-12(10)21-13-9-3-1-2-4-11(9)22-14(17)23-13/h1-7H,(H,21,22,23). The van der Waals surface area contributed by atoms with E-state index in [1.165, 1.54) is 6.07 Å². The van der Waals surface area contributed by atoms with Gasteiger partial charge < -0.3 is 5.32 Å². The van der Waals surface area contributed by atoms with Crippen LogP contribution in [0.25, 0.3) is 10.9 Å². The highest BCUT2D eigenvalue weighted by atomic mass is 35.5. The molecule has 0 bridgehead atoms. The molecule has 0 spiro atoms. The Bertz CT molecular complexity index is 881. The van der Waals surface area contributed by atoms with E-state index in [9.17, 15) is 13.2 Å². The van der Waals surface area contributed by atoms with E-state index < -0.39 is 11.7 Å². The summed E-state index contributed by atoms with van der Waals surface area (Å²) in [6, 6.07) is 10.0. The number of hydrogen-bond donors (Lipinski definition) is 1. The summed E-state index contributed by atoms with van der Waals surface area (Å²) in [4.78, 5) is 8.09. The van der Waals surface area contributed by atoms with Crippen LogP contribution in [-0.4, -0.2) is 9.97 Å². The van der Waals surface area contributed by atoms with Crippen molar-refractivity contribution in [3.63, 3.8) is 0 Å². The lowest BCUT2D eigenvalue weighted by atomic mass is 10.2. The van der Waals surface area contributed by atoms with Crippen LogP contribution in [0.2, 0.25) is 10.3 Å². The van der Waals surface area contributed by atoms with Gasteiger partial charge >= 0.3 is 6.18 Å². The minimum absolute atomic E-state index is 0.0192. The van der Waals surface area contributed by atoms with Gasteiger partial charge in [0.05, 0.1) is 21.8 Å². The Labute approximate surface area is 139 Å². The zero-order valence-corrected chi connectivity index (χ0v) is 12.8. The van der Waals surface area contributed by atoms with Crippen LogP contribution < -0.4 is 5.32 Å². The first-order valence-electron chi connectivity index (χ1n) is 6.40. The molecular formula is C15H8Cl2F3N3. The van der Waals surface area contributed by atoms with Gasteiger partial charge in [0.1, 0.15) is 5.82 Å². The molecule has 3 rings (SSSR count). The fraction of sp³-hybridized carbons (Fsp3) is 0.0667. The van der Waals surface area contributed by atoms with Crippen molar-refractivity contribution in [1.82, 2.24) is 9.97 Å². The molecule has 0 aliphatic rings. The predicted octanol–water partition coefficient (Wildman–Crippen LogP) is 5.70. The van der Waals surface area contributed by atoms with Crippen molar-refractivity contribution in [2.45, 2.75) is 6.18 Å². The van der Waals surface area contributed by atoms with Crippen molar-refractivity contribution < 1.29 is 13.2 Å². The normalized spacial score (nSPS) is 11.7. The fourth-order valence-corrected chi connectivity index (χ4v) is 2.41. The lowest BCUT2D eigenvalue weighted by Crippen LogP contribution is -2.06. The molecule has 23 heavy (non-hydrogen) atoms. The lowest BCUT2D eigenvalue weighted by Gasteiger charge is -2.13. The molecule has 0 fully saturated rings. The van der Waals surface area contributed by atoms with Crippen LogP contribution in [0.15, 0.2) is 42.5 Å². The minimum Gasteiger partial charge on any atom is -0.338 e. The van der Waals surface area contributed by atoms with Crippen molar-refractivity contribution >= 4 is 45.6 Å². The van der Waals surface area contributed by atoms with Crippen LogP contribution in [0.3, 0.4) is 0 Å². The van der Waals surface area contributed by atoms with Crippen molar-refractivity contribution in [2.75, 3.05) is 5.32 Å². The smallest absolute Gasteiger partial charge is 0.338 e. The SMILES string of the molecule is FC(F)(F)c1ccc(Cl)c(Nc2nc(Cl)nc3ccccc23)c1.